The first-order valence-electron chi connectivity index (χ1n) is 7.35. The van der Waals surface area contributed by atoms with E-state index in [0.717, 1.165) is 19.7 Å². The molecule has 2 heteroatoms. The molecule has 1 heterocycles. The SMILES string of the molecule is CCN1CCOC(c2ccccc2)C1c1ccccc1. The largest absolute Gasteiger partial charge is 0.370 e. The van der Waals surface area contributed by atoms with Crippen molar-refractivity contribution in [2.45, 2.75) is 19.1 Å². The Hall–Kier alpha value is -1.64. The summed E-state index contributed by atoms with van der Waals surface area (Å²) in [6.45, 7) is 5.08. The second-order valence-electron chi connectivity index (χ2n) is 5.19. The summed E-state index contributed by atoms with van der Waals surface area (Å²) in [5.41, 5.74) is 2.60. The number of ether oxygens (including phenoxy) is 1. The maximum atomic E-state index is 6.12. The molecule has 2 aromatic carbocycles. The summed E-state index contributed by atoms with van der Waals surface area (Å²) in [5, 5.41) is 0. The number of morpholine rings is 1. The monoisotopic (exact) mass is 267 g/mol. The van der Waals surface area contributed by atoms with Gasteiger partial charge in [0.25, 0.3) is 0 Å². The summed E-state index contributed by atoms with van der Waals surface area (Å²) in [7, 11) is 0. The normalized spacial score (nSPS) is 23.6. The molecule has 0 amide bonds. The van der Waals surface area contributed by atoms with Crippen LogP contribution >= 0.6 is 0 Å². The minimum atomic E-state index is 0.118. The zero-order valence-electron chi connectivity index (χ0n) is 11.9. The highest BCUT2D eigenvalue weighted by Gasteiger charge is 2.33. The van der Waals surface area contributed by atoms with Gasteiger partial charge in [-0.05, 0) is 17.7 Å². The average molecular weight is 267 g/mol. The van der Waals surface area contributed by atoms with Gasteiger partial charge < -0.3 is 4.74 Å². The van der Waals surface area contributed by atoms with Gasteiger partial charge in [-0.1, -0.05) is 67.6 Å². The van der Waals surface area contributed by atoms with Crippen molar-refractivity contribution in [2.75, 3.05) is 19.7 Å². The first-order valence-corrected chi connectivity index (χ1v) is 7.35. The summed E-state index contributed by atoms with van der Waals surface area (Å²) in [6, 6.07) is 21.6. The fraction of sp³-hybridized carbons (Fsp3) is 0.333. The van der Waals surface area contributed by atoms with Crippen molar-refractivity contribution >= 4 is 0 Å². The fourth-order valence-corrected chi connectivity index (χ4v) is 3.03. The van der Waals surface area contributed by atoms with Crippen molar-refractivity contribution in [2.24, 2.45) is 0 Å². The van der Waals surface area contributed by atoms with Gasteiger partial charge in [-0.15, -0.1) is 0 Å². The van der Waals surface area contributed by atoms with E-state index in [4.69, 9.17) is 4.74 Å². The third kappa shape index (κ3) is 2.62. The van der Waals surface area contributed by atoms with E-state index in [9.17, 15) is 0 Å². The van der Waals surface area contributed by atoms with Crippen LogP contribution in [0.4, 0.5) is 0 Å². The molecule has 2 unspecified atom stereocenters. The van der Waals surface area contributed by atoms with E-state index >= 15 is 0 Å². The Morgan fingerprint density at radius 2 is 1.55 bits per heavy atom. The second kappa shape index (κ2) is 6.21. The van der Waals surface area contributed by atoms with Crippen LogP contribution in [0, 0.1) is 0 Å². The number of benzene rings is 2. The summed E-state index contributed by atoms with van der Waals surface area (Å²) < 4.78 is 6.12. The molecule has 3 rings (SSSR count). The van der Waals surface area contributed by atoms with Crippen molar-refractivity contribution in [3.63, 3.8) is 0 Å². The third-order valence-corrected chi connectivity index (χ3v) is 4.03. The molecular weight excluding hydrogens is 246 g/mol. The highest BCUT2D eigenvalue weighted by molar-refractivity contribution is 5.27. The highest BCUT2D eigenvalue weighted by Crippen LogP contribution is 2.39. The van der Waals surface area contributed by atoms with E-state index in [1.165, 1.54) is 11.1 Å². The molecule has 1 saturated heterocycles. The van der Waals surface area contributed by atoms with Gasteiger partial charge in [0, 0.05) is 6.54 Å². The molecule has 0 bridgehead atoms. The molecular formula is C18H21NO. The predicted octanol–water partition coefficient (Wildman–Crippen LogP) is 3.82. The third-order valence-electron chi connectivity index (χ3n) is 4.03. The van der Waals surface area contributed by atoms with E-state index in [0.29, 0.717) is 6.04 Å². The van der Waals surface area contributed by atoms with E-state index in [2.05, 4.69) is 72.5 Å². The van der Waals surface area contributed by atoms with E-state index in [1.54, 1.807) is 0 Å². The zero-order valence-corrected chi connectivity index (χ0v) is 11.9. The first-order chi connectivity index (χ1) is 9.90. The minimum absolute atomic E-state index is 0.118. The number of hydrogen-bond donors (Lipinski definition) is 0. The molecule has 2 aromatic rings. The number of nitrogens with zero attached hydrogens (tertiary/aromatic N) is 1. The molecule has 1 aliphatic rings. The Balaban J connectivity index is 1.98. The lowest BCUT2D eigenvalue weighted by Gasteiger charge is -2.41. The predicted molar refractivity (Wildman–Crippen MR) is 81.6 cm³/mol. The lowest BCUT2D eigenvalue weighted by molar-refractivity contribution is -0.0733. The van der Waals surface area contributed by atoms with Crippen LogP contribution in [0.5, 0.6) is 0 Å². The second-order valence-corrected chi connectivity index (χ2v) is 5.19. The molecule has 0 aliphatic carbocycles. The van der Waals surface area contributed by atoms with E-state index in [1.807, 2.05) is 0 Å². The van der Waals surface area contributed by atoms with Gasteiger partial charge in [-0.2, -0.15) is 0 Å². The summed E-state index contributed by atoms with van der Waals surface area (Å²) >= 11 is 0. The maximum absolute atomic E-state index is 6.12. The Bertz CT molecular complexity index is 526. The lowest BCUT2D eigenvalue weighted by atomic mass is 9.93. The van der Waals surface area contributed by atoms with Gasteiger partial charge in [0.1, 0.15) is 6.10 Å². The molecule has 0 N–H and O–H groups in total. The van der Waals surface area contributed by atoms with E-state index < -0.39 is 0 Å². The lowest BCUT2D eigenvalue weighted by Crippen LogP contribution is -2.41. The van der Waals surface area contributed by atoms with Crippen LogP contribution in [0.3, 0.4) is 0 Å². The van der Waals surface area contributed by atoms with Crippen molar-refractivity contribution in [3.05, 3.63) is 71.8 Å². The molecule has 20 heavy (non-hydrogen) atoms. The number of hydrogen-bond acceptors (Lipinski definition) is 2. The van der Waals surface area contributed by atoms with Crippen molar-refractivity contribution in [1.82, 2.24) is 4.90 Å². The molecule has 2 atom stereocenters. The maximum Gasteiger partial charge on any atom is 0.102 e. The minimum Gasteiger partial charge on any atom is -0.370 e. The van der Waals surface area contributed by atoms with Crippen LogP contribution < -0.4 is 0 Å². The fourth-order valence-electron chi connectivity index (χ4n) is 3.03. The topological polar surface area (TPSA) is 12.5 Å². The van der Waals surface area contributed by atoms with Crippen LogP contribution in [0.1, 0.15) is 30.2 Å². The van der Waals surface area contributed by atoms with Crippen LogP contribution in [0.2, 0.25) is 0 Å². The van der Waals surface area contributed by atoms with Crippen LogP contribution in [-0.4, -0.2) is 24.6 Å². The molecule has 0 saturated carbocycles. The van der Waals surface area contributed by atoms with Crippen molar-refractivity contribution in [3.8, 4) is 0 Å². The first kappa shape index (κ1) is 13.3. The summed E-state index contributed by atoms with van der Waals surface area (Å²) in [5.74, 6) is 0. The molecule has 0 spiro atoms. The molecule has 104 valence electrons. The Labute approximate surface area is 121 Å². The van der Waals surface area contributed by atoms with Crippen LogP contribution in [0.15, 0.2) is 60.7 Å². The van der Waals surface area contributed by atoms with Crippen molar-refractivity contribution in [1.29, 1.82) is 0 Å². The Kier molecular flexibility index (Phi) is 4.14. The molecule has 2 nitrogen and oxygen atoms in total. The van der Waals surface area contributed by atoms with Gasteiger partial charge in [-0.25, -0.2) is 0 Å². The summed E-state index contributed by atoms with van der Waals surface area (Å²) in [6.07, 6.45) is 0.118. The summed E-state index contributed by atoms with van der Waals surface area (Å²) in [4.78, 5) is 2.51. The standard InChI is InChI=1S/C18H21NO/c1-2-19-13-14-20-18(16-11-7-4-8-12-16)17(19)15-9-5-3-6-10-15/h3-12,17-18H,2,13-14H2,1H3. The number of rotatable bonds is 3. The van der Waals surface area contributed by atoms with Gasteiger partial charge >= 0.3 is 0 Å². The van der Waals surface area contributed by atoms with Gasteiger partial charge in [0.15, 0.2) is 0 Å². The highest BCUT2D eigenvalue weighted by atomic mass is 16.5. The van der Waals surface area contributed by atoms with Crippen molar-refractivity contribution < 1.29 is 4.74 Å². The van der Waals surface area contributed by atoms with Gasteiger partial charge in [0.2, 0.25) is 0 Å². The number of likely N-dealkylation sites (N-methyl/N-ethyl adjacent to an activating group) is 1. The quantitative estimate of drug-likeness (QED) is 0.838. The Morgan fingerprint density at radius 3 is 2.15 bits per heavy atom. The van der Waals surface area contributed by atoms with E-state index in [-0.39, 0.29) is 6.10 Å². The molecule has 1 fully saturated rings. The van der Waals surface area contributed by atoms with Gasteiger partial charge in [0.05, 0.1) is 12.6 Å². The molecule has 1 aliphatic heterocycles. The molecule has 0 radical (unpaired) electrons. The van der Waals surface area contributed by atoms with Crippen LogP contribution in [0.25, 0.3) is 0 Å². The Morgan fingerprint density at radius 1 is 0.950 bits per heavy atom. The van der Waals surface area contributed by atoms with Gasteiger partial charge in [-0.3, -0.25) is 4.90 Å². The average Bonchev–Trinajstić information content (AvgIpc) is 2.55. The molecule has 0 aromatic heterocycles. The smallest absolute Gasteiger partial charge is 0.102 e. The zero-order chi connectivity index (χ0) is 13.8. The van der Waals surface area contributed by atoms with Crippen LogP contribution in [-0.2, 0) is 4.74 Å².